The van der Waals surface area contributed by atoms with Crippen LogP contribution in [0, 0.1) is 0 Å². The van der Waals surface area contributed by atoms with E-state index in [1.165, 1.54) is 0 Å². The maximum atomic E-state index is 12.3. The first-order valence-electron chi connectivity index (χ1n) is 8.48. The van der Waals surface area contributed by atoms with Crippen molar-refractivity contribution in [2.24, 2.45) is 0 Å². The summed E-state index contributed by atoms with van der Waals surface area (Å²) in [4.78, 5) is 12.3. The third-order valence-electron chi connectivity index (χ3n) is 3.87. The molecule has 2 N–H and O–H groups in total. The summed E-state index contributed by atoms with van der Waals surface area (Å²) < 4.78 is 11.0. The van der Waals surface area contributed by atoms with Crippen LogP contribution in [-0.2, 0) is 4.74 Å². The van der Waals surface area contributed by atoms with Crippen LogP contribution in [0.4, 0.5) is 11.5 Å². The molecule has 2 aromatic rings. The van der Waals surface area contributed by atoms with Gasteiger partial charge in [-0.25, -0.2) is 0 Å². The normalized spacial score (nSPS) is 16.4. The maximum absolute atomic E-state index is 12.3. The smallest absolute Gasteiger partial charge is 0.276 e. The Labute approximate surface area is 146 Å². The van der Waals surface area contributed by atoms with E-state index in [4.69, 9.17) is 9.47 Å². The van der Waals surface area contributed by atoms with Gasteiger partial charge >= 0.3 is 0 Å². The topological polar surface area (TPSA) is 85.4 Å². The van der Waals surface area contributed by atoms with Crippen LogP contribution in [0.15, 0.2) is 36.4 Å². The third-order valence-corrected chi connectivity index (χ3v) is 3.87. The molecule has 7 nitrogen and oxygen atoms in total. The molecule has 1 aromatic carbocycles. The van der Waals surface area contributed by atoms with E-state index in [9.17, 15) is 4.79 Å². The lowest BCUT2D eigenvalue weighted by Crippen LogP contribution is -2.20. The van der Waals surface area contributed by atoms with Gasteiger partial charge in [-0.05, 0) is 44.0 Å². The van der Waals surface area contributed by atoms with E-state index in [0.29, 0.717) is 30.4 Å². The molecule has 25 heavy (non-hydrogen) atoms. The lowest BCUT2D eigenvalue weighted by atomic mass is 10.2. The predicted molar refractivity (Wildman–Crippen MR) is 95.1 cm³/mol. The number of nitrogens with one attached hydrogen (secondary N) is 2. The fraction of sp³-hybridized carbons (Fsp3) is 0.389. The van der Waals surface area contributed by atoms with Gasteiger partial charge in [0.25, 0.3) is 5.91 Å². The predicted octanol–water partition coefficient (Wildman–Crippen LogP) is 2.72. The molecule has 1 saturated heterocycles. The van der Waals surface area contributed by atoms with E-state index in [1.54, 1.807) is 18.2 Å². The standard InChI is InChI=1S/C18H22N4O3/c1-2-24-16-8-4-3-7-14(16)20-18(23)15-9-10-17(22-21-15)19-12-13-6-5-11-25-13/h3-4,7-10,13H,2,5-6,11-12H2,1H3,(H,19,22)(H,20,23). The molecule has 3 rings (SSSR count). The molecule has 1 aliphatic rings. The van der Waals surface area contributed by atoms with Crippen molar-refractivity contribution in [2.75, 3.05) is 30.4 Å². The number of para-hydroxylation sites is 2. The van der Waals surface area contributed by atoms with Crippen molar-refractivity contribution >= 4 is 17.4 Å². The van der Waals surface area contributed by atoms with E-state index >= 15 is 0 Å². The summed E-state index contributed by atoms with van der Waals surface area (Å²) in [6.07, 6.45) is 2.38. The second-order valence-electron chi connectivity index (χ2n) is 5.70. The molecular formula is C18H22N4O3. The molecule has 1 fully saturated rings. The molecule has 1 amide bonds. The molecule has 1 atom stereocenters. The summed E-state index contributed by atoms with van der Waals surface area (Å²) in [7, 11) is 0. The largest absolute Gasteiger partial charge is 0.492 e. The van der Waals surface area contributed by atoms with E-state index < -0.39 is 0 Å². The Kier molecular flexibility index (Phi) is 5.79. The zero-order valence-corrected chi connectivity index (χ0v) is 14.2. The highest BCUT2D eigenvalue weighted by molar-refractivity contribution is 6.03. The van der Waals surface area contributed by atoms with Crippen molar-refractivity contribution < 1.29 is 14.3 Å². The first-order chi connectivity index (χ1) is 12.3. The molecule has 2 heterocycles. The van der Waals surface area contributed by atoms with E-state index in [1.807, 2.05) is 25.1 Å². The Morgan fingerprint density at radius 2 is 2.16 bits per heavy atom. The fourth-order valence-corrected chi connectivity index (χ4v) is 2.61. The fourth-order valence-electron chi connectivity index (χ4n) is 2.61. The number of aromatic nitrogens is 2. The molecule has 0 saturated carbocycles. The molecular weight excluding hydrogens is 320 g/mol. The number of carbonyl (C=O) groups is 1. The van der Waals surface area contributed by atoms with Crippen LogP contribution in [0.2, 0.25) is 0 Å². The minimum absolute atomic E-state index is 0.222. The number of nitrogens with zero attached hydrogens (tertiary/aromatic N) is 2. The highest BCUT2D eigenvalue weighted by Crippen LogP contribution is 2.24. The molecule has 7 heteroatoms. The zero-order valence-electron chi connectivity index (χ0n) is 14.2. The Balaban J connectivity index is 1.59. The number of ether oxygens (including phenoxy) is 2. The monoisotopic (exact) mass is 342 g/mol. The third kappa shape index (κ3) is 4.67. The molecule has 0 radical (unpaired) electrons. The van der Waals surface area contributed by atoms with Crippen LogP contribution in [0.3, 0.4) is 0 Å². The van der Waals surface area contributed by atoms with Gasteiger partial charge in [0.1, 0.15) is 11.6 Å². The number of hydrogen-bond acceptors (Lipinski definition) is 6. The Morgan fingerprint density at radius 1 is 1.28 bits per heavy atom. The van der Waals surface area contributed by atoms with Gasteiger partial charge in [-0.15, -0.1) is 10.2 Å². The summed E-state index contributed by atoms with van der Waals surface area (Å²) in [6.45, 7) is 3.94. The molecule has 0 spiro atoms. The van der Waals surface area contributed by atoms with E-state index in [2.05, 4.69) is 20.8 Å². The lowest BCUT2D eigenvalue weighted by molar-refractivity contribution is 0.102. The SMILES string of the molecule is CCOc1ccccc1NC(=O)c1ccc(NCC2CCCO2)nn1. The van der Waals surface area contributed by atoms with Crippen LogP contribution < -0.4 is 15.4 Å². The first kappa shape index (κ1) is 17.2. The Morgan fingerprint density at radius 3 is 2.88 bits per heavy atom. The average molecular weight is 342 g/mol. The van der Waals surface area contributed by atoms with Crippen LogP contribution in [-0.4, -0.2) is 42.0 Å². The van der Waals surface area contributed by atoms with Crippen molar-refractivity contribution in [1.29, 1.82) is 0 Å². The van der Waals surface area contributed by atoms with Crippen molar-refractivity contribution in [3.05, 3.63) is 42.1 Å². The maximum Gasteiger partial charge on any atom is 0.276 e. The van der Waals surface area contributed by atoms with Crippen molar-refractivity contribution in [3.63, 3.8) is 0 Å². The molecule has 0 aliphatic carbocycles. The Hall–Kier alpha value is -2.67. The summed E-state index contributed by atoms with van der Waals surface area (Å²) in [6, 6.07) is 10.7. The summed E-state index contributed by atoms with van der Waals surface area (Å²) in [5.41, 5.74) is 0.853. The van der Waals surface area contributed by atoms with Gasteiger partial charge in [-0.2, -0.15) is 0 Å². The van der Waals surface area contributed by atoms with Gasteiger partial charge in [0, 0.05) is 13.2 Å². The van der Waals surface area contributed by atoms with Gasteiger partial charge in [0.15, 0.2) is 5.69 Å². The minimum atomic E-state index is -0.328. The quantitative estimate of drug-likeness (QED) is 0.805. The lowest BCUT2D eigenvalue weighted by Gasteiger charge is -2.12. The number of amides is 1. The summed E-state index contributed by atoms with van der Waals surface area (Å²) in [5, 5.41) is 14.0. The molecule has 132 valence electrons. The van der Waals surface area contributed by atoms with Crippen LogP contribution >= 0.6 is 0 Å². The summed E-state index contributed by atoms with van der Waals surface area (Å²) >= 11 is 0. The molecule has 1 aromatic heterocycles. The number of rotatable bonds is 7. The van der Waals surface area contributed by atoms with Gasteiger partial charge in [-0.1, -0.05) is 12.1 Å². The van der Waals surface area contributed by atoms with E-state index in [0.717, 1.165) is 19.4 Å². The van der Waals surface area contributed by atoms with Crippen molar-refractivity contribution in [3.8, 4) is 5.75 Å². The van der Waals surface area contributed by atoms with Gasteiger partial charge in [0.05, 0.1) is 18.4 Å². The second-order valence-corrected chi connectivity index (χ2v) is 5.70. The van der Waals surface area contributed by atoms with Crippen molar-refractivity contribution in [2.45, 2.75) is 25.9 Å². The van der Waals surface area contributed by atoms with Crippen LogP contribution in [0.5, 0.6) is 5.75 Å². The first-order valence-corrected chi connectivity index (χ1v) is 8.48. The second kappa shape index (κ2) is 8.43. The number of carbonyl (C=O) groups excluding carboxylic acids is 1. The average Bonchev–Trinajstić information content (AvgIpc) is 3.16. The number of hydrogen-bond donors (Lipinski definition) is 2. The number of anilines is 2. The summed E-state index contributed by atoms with van der Waals surface area (Å²) in [5.74, 6) is 0.924. The Bertz CT molecular complexity index is 700. The zero-order chi connectivity index (χ0) is 17.5. The number of benzene rings is 1. The van der Waals surface area contributed by atoms with Gasteiger partial charge in [-0.3, -0.25) is 4.79 Å². The molecule has 0 bridgehead atoms. The highest BCUT2D eigenvalue weighted by Gasteiger charge is 2.15. The van der Waals surface area contributed by atoms with Crippen LogP contribution in [0.1, 0.15) is 30.3 Å². The molecule has 1 aliphatic heterocycles. The highest BCUT2D eigenvalue weighted by atomic mass is 16.5. The van der Waals surface area contributed by atoms with Crippen LogP contribution in [0.25, 0.3) is 0 Å². The van der Waals surface area contributed by atoms with Gasteiger partial charge < -0.3 is 20.1 Å². The van der Waals surface area contributed by atoms with E-state index in [-0.39, 0.29) is 17.7 Å². The minimum Gasteiger partial charge on any atom is -0.492 e. The van der Waals surface area contributed by atoms with Crippen molar-refractivity contribution in [1.82, 2.24) is 10.2 Å². The van der Waals surface area contributed by atoms with Gasteiger partial charge in [0.2, 0.25) is 0 Å². The molecule has 1 unspecified atom stereocenters.